The number of rotatable bonds is 11. The van der Waals surface area contributed by atoms with Crippen LogP contribution in [0.25, 0.3) is 0 Å². The van der Waals surface area contributed by atoms with Gasteiger partial charge in [0, 0.05) is 65.4 Å². The van der Waals surface area contributed by atoms with Gasteiger partial charge in [-0.1, -0.05) is 168 Å². The van der Waals surface area contributed by atoms with Crippen molar-refractivity contribution in [2.75, 3.05) is 0 Å². The van der Waals surface area contributed by atoms with E-state index in [1.54, 1.807) is 0 Å². The molecule has 13 heteroatoms. The predicted octanol–water partition coefficient (Wildman–Crippen LogP) is 9.77. The van der Waals surface area contributed by atoms with Gasteiger partial charge < -0.3 is 0 Å². The molecule has 0 atom stereocenters. The SMILES string of the molecule is C[Si](C)(C)[Si](C)([Si](C)(C)C)[Si]([Si](F)(F)c1ccccc1)([Si](C)([Si](C)(C)C)[Si](C)(C)C)[Si](C)([Si](C)(C)C)[Si](C)(C)C. The van der Waals surface area contributed by atoms with Gasteiger partial charge in [0.25, 0.3) is 0 Å². The second-order valence-corrected chi connectivity index (χ2v) is 144. The highest BCUT2D eigenvalue weighted by atomic mass is 30.5. The van der Waals surface area contributed by atoms with E-state index < -0.39 is 79.8 Å². The maximum atomic E-state index is 19.6. The number of hydrogen-bond donors (Lipinski definition) is 0. The first kappa shape index (κ1) is 39.5. The summed E-state index contributed by atoms with van der Waals surface area (Å²) in [6.07, 6.45) is -3.24. The van der Waals surface area contributed by atoms with E-state index in [0.29, 0.717) is 5.19 Å². The molecule has 0 saturated heterocycles. The zero-order chi connectivity index (χ0) is 32.6. The maximum Gasteiger partial charge on any atom is 0.424 e. The standard InChI is InChI=1S/C27H68F2Si11/c1-30(2,3)36(19,31(4,5)6)40(37(20,32(7,8)9)33(10,11)12,38(21,34(13,14)15)35(16,17)18)39(28,29)27-25-23-22-24-26-27/h22-26H,1-21H3. The largest absolute Gasteiger partial charge is 0.424 e. The lowest BCUT2D eigenvalue weighted by molar-refractivity contribution is 0.665. The molecule has 40 heavy (non-hydrogen) atoms. The Morgan fingerprint density at radius 3 is 0.725 bits per heavy atom. The van der Waals surface area contributed by atoms with E-state index in [2.05, 4.69) is 137 Å². The average molecular weight is 740 g/mol. The first-order chi connectivity index (χ1) is 17.1. The molecular formula is C27H68F2Si11. The van der Waals surface area contributed by atoms with E-state index in [-0.39, 0.29) is 0 Å². The summed E-state index contributed by atoms with van der Waals surface area (Å²) in [6.45, 7) is 47.9. The molecule has 0 aliphatic carbocycles. The van der Waals surface area contributed by atoms with E-state index in [1.165, 1.54) is 0 Å². The van der Waals surface area contributed by atoms with Crippen LogP contribution in [0.4, 0.5) is 8.22 Å². The molecule has 0 radical (unpaired) electrons. The molecular weight excluding hydrogens is 671 g/mol. The van der Waals surface area contributed by atoms with Gasteiger partial charge in [-0.15, -0.1) is 0 Å². The summed E-state index contributed by atoms with van der Waals surface area (Å²) < 4.78 is 39.2. The Balaban J connectivity index is 5.34. The van der Waals surface area contributed by atoms with Crippen molar-refractivity contribution in [3.05, 3.63) is 30.3 Å². The smallest absolute Gasteiger partial charge is 0.270 e. The molecule has 0 nitrogen and oxygen atoms in total. The van der Waals surface area contributed by atoms with Gasteiger partial charge in [-0.05, 0) is 5.19 Å². The van der Waals surface area contributed by atoms with Crippen LogP contribution in [0, 0.1) is 0 Å². The van der Waals surface area contributed by atoms with Crippen molar-refractivity contribution in [3.63, 3.8) is 0 Å². The Bertz CT molecular complexity index is 897. The Morgan fingerprint density at radius 1 is 0.350 bits per heavy atom. The third-order valence-corrected chi connectivity index (χ3v) is 299. The Kier molecular flexibility index (Phi) is 10.9. The predicted molar refractivity (Wildman–Crippen MR) is 215 cm³/mol. The quantitative estimate of drug-likeness (QED) is 0.157. The zero-order valence-electron chi connectivity index (χ0n) is 30.6. The summed E-state index contributed by atoms with van der Waals surface area (Å²) in [4.78, 5) is 0. The third kappa shape index (κ3) is 5.25. The van der Waals surface area contributed by atoms with Gasteiger partial charge in [0.05, 0.1) is 6.14 Å². The third-order valence-electron chi connectivity index (χ3n) is 12.9. The summed E-state index contributed by atoms with van der Waals surface area (Å²) in [5.41, 5.74) is 0. The monoisotopic (exact) mass is 738 g/mol. The molecule has 1 rings (SSSR count). The highest BCUT2D eigenvalue weighted by Gasteiger charge is 2.91. The molecule has 0 amide bonds. The normalized spacial score (nSPS) is 16.4. The molecule has 234 valence electrons. The minimum Gasteiger partial charge on any atom is -0.270 e. The fourth-order valence-corrected chi connectivity index (χ4v) is 585. The fraction of sp³-hybridized carbons (Fsp3) is 0.778. The molecule has 0 saturated carbocycles. The van der Waals surface area contributed by atoms with Crippen molar-refractivity contribution in [2.45, 2.75) is 137 Å². The minimum absolute atomic E-state index is 0.558. The molecule has 0 heterocycles. The van der Waals surface area contributed by atoms with Crippen LogP contribution in [0.3, 0.4) is 0 Å². The molecule has 0 N–H and O–H groups in total. The molecule has 0 fully saturated rings. The summed E-state index contributed by atoms with van der Waals surface area (Å²) >= 11 is 0. The summed E-state index contributed by atoms with van der Waals surface area (Å²) in [6, 6.07) is 9.77. The van der Waals surface area contributed by atoms with Gasteiger partial charge in [-0.2, -0.15) is 0 Å². The Morgan fingerprint density at radius 2 is 0.550 bits per heavy atom. The second-order valence-electron chi connectivity index (χ2n) is 19.6. The van der Waals surface area contributed by atoms with E-state index in [9.17, 15) is 0 Å². The average Bonchev–Trinajstić information content (AvgIpc) is 2.69. The lowest BCUT2D eigenvalue weighted by Gasteiger charge is -2.78. The van der Waals surface area contributed by atoms with Crippen molar-refractivity contribution in [1.82, 2.24) is 0 Å². The number of benzene rings is 1. The molecule has 0 spiro atoms. The van der Waals surface area contributed by atoms with E-state index in [0.717, 1.165) is 0 Å². The molecule has 0 bridgehead atoms. The molecule has 1 aromatic carbocycles. The van der Waals surface area contributed by atoms with Crippen LogP contribution in [-0.2, 0) is 0 Å². The summed E-state index contributed by atoms with van der Waals surface area (Å²) in [5.74, 6) is 0. The van der Waals surface area contributed by atoms with E-state index in [4.69, 9.17) is 0 Å². The number of hydrogen-bond acceptors (Lipinski definition) is 0. The Hall–Kier alpha value is 1.47. The van der Waals surface area contributed by atoms with E-state index in [1.807, 2.05) is 30.3 Å². The molecule has 0 unspecified atom stereocenters. The summed E-state index contributed by atoms with van der Waals surface area (Å²) in [7, 11) is -16.8. The fourth-order valence-electron chi connectivity index (χ4n) is 10.1. The molecule has 0 aliphatic heterocycles. The van der Waals surface area contributed by atoms with Crippen molar-refractivity contribution in [2.24, 2.45) is 0 Å². The number of halogens is 2. The lowest BCUT2D eigenvalue weighted by atomic mass is 10.4. The van der Waals surface area contributed by atoms with Crippen LogP contribution in [0.2, 0.25) is 137 Å². The summed E-state index contributed by atoms with van der Waals surface area (Å²) in [5, 5.41) is 0.558. The van der Waals surface area contributed by atoms with Crippen LogP contribution in [0.5, 0.6) is 0 Å². The first-order valence-electron chi connectivity index (χ1n) is 15.5. The minimum atomic E-state index is -4.89. The van der Waals surface area contributed by atoms with Crippen LogP contribution in [-0.4, -0.2) is 79.8 Å². The van der Waals surface area contributed by atoms with Crippen LogP contribution in [0.15, 0.2) is 30.3 Å². The topological polar surface area (TPSA) is 0 Å². The highest BCUT2D eigenvalue weighted by molar-refractivity contribution is 8.35. The maximum absolute atomic E-state index is 19.6. The first-order valence-corrected chi connectivity index (χ1v) is 57.8. The van der Waals surface area contributed by atoms with Crippen molar-refractivity contribution in [3.8, 4) is 0 Å². The Labute approximate surface area is 259 Å². The van der Waals surface area contributed by atoms with Crippen molar-refractivity contribution in [1.29, 1.82) is 0 Å². The van der Waals surface area contributed by atoms with Gasteiger partial charge in [0.1, 0.15) is 0 Å². The zero-order valence-corrected chi connectivity index (χ0v) is 41.6. The van der Waals surface area contributed by atoms with Crippen LogP contribution < -0.4 is 5.19 Å². The van der Waals surface area contributed by atoms with Gasteiger partial charge in [0.2, 0.25) is 0 Å². The van der Waals surface area contributed by atoms with E-state index >= 15 is 8.22 Å². The van der Waals surface area contributed by atoms with Crippen molar-refractivity contribution < 1.29 is 8.22 Å². The lowest BCUT2D eigenvalue weighted by Crippen LogP contribution is -3.13. The second kappa shape index (κ2) is 11.1. The van der Waals surface area contributed by atoms with Crippen molar-refractivity contribution >= 4 is 85.0 Å². The van der Waals surface area contributed by atoms with Crippen LogP contribution in [0.1, 0.15) is 0 Å². The van der Waals surface area contributed by atoms with Gasteiger partial charge >= 0.3 is 8.26 Å². The molecule has 1 aromatic rings. The van der Waals surface area contributed by atoms with Gasteiger partial charge in [-0.3, -0.25) is 8.22 Å². The highest BCUT2D eigenvalue weighted by Crippen LogP contribution is 2.58. The molecule has 0 aromatic heterocycles. The van der Waals surface area contributed by atoms with Gasteiger partial charge in [0.15, 0.2) is 0 Å². The van der Waals surface area contributed by atoms with Gasteiger partial charge in [-0.25, -0.2) is 0 Å². The van der Waals surface area contributed by atoms with Crippen LogP contribution >= 0.6 is 0 Å². The molecule has 0 aliphatic rings.